The molecule has 0 aliphatic carbocycles. The van der Waals surface area contributed by atoms with E-state index in [1.165, 1.54) is 27.7 Å². The van der Waals surface area contributed by atoms with Crippen molar-refractivity contribution in [1.29, 1.82) is 0 Å². The zero-order valence-electron chi connectivity index (χ0n) is 16.8. The predicted octanol–water partition coefficient (Wildman–Crippen LogP) is 5.84. The minimum absolute atomic E-state index is 0.334. The molecule has 0 spiro atoms. The highest BCUT2D eigenvalue weighted by Gasteiger charge is 2.52. The zero-order chi connectivity index (χ0) is 18.9. The van der Waals surface area contributed by atoms with Crippen LogP contribution in [0.15, 0.2) is 60.1 Å². The average Bonchev–Trinajstić information content (AvgIpc) is 2.81. The molecule has 3 heteroatoms. The van der Waals surface area contributed by atoms with E-state index in [1.807, 2.05) is 0 Å². The van der Waals surface area contributed by atoms with Gasteiger partial charge in [-0.2, -0.15) is 0 Å². The molecule has 2 nitrogen and oxygen atoms in total. The fourth-order valence-corrected chi connectivity index (χ4v) is 3.42. The quantitative estimate of drug-likeness (QED) is 0.647. The standard InChI is InChI=1S/C23H29BO2/c1-7-20(24-25-22(3,4)23(5,6)26-24)21(18-14-9-8-10-15-18)19-16-12-11-13-17(19)2/h8-16H,7H2,1-6H3/b21-20-. The summed E-state index contributed by atoms with van der Waals surface area (Å²) in [4.78, 5) is 0. The Hall–Kier alpha value is -1.84. The molecule has 1 heterocycles. The van der Waals surface area contributed by atoms with Gasteiger partial charge in [0.05, 0.1) is 11.2 Å². The number of benzene rings is 2. The minimum atomic E-state index is -0.342. The van der Waals surface area contributed by atoms with Gasteiger partial charge < -0.3 is 9.31 Å². The summed E-state index contributed by atoms with van der Waals surface area (Å²) in [6, 6.07) is 19.1. The van der Waals surface area contributed by atoms with Crippen LogP contribution in [0.5, 0.6) is 0 Å². The maximum Gasteiger partial charge on any atom is 0.491 e. The molecule has 0 aromatic heterocycles. The van der Waals surface area contributed by atoms with E-state index in [1.54, 1.807) is 0 Å². The van der Waals surface area contributed by atoms with E-state index in [-0.39, 0.29) is 18.3 Å². The summed E-state index contributed by atoms with van der Waals surface area (Å²) in [7, 11) is -0.334. The van der Waals surface area contributed by atoms with Crippen LogP contribution in [0.25, 0.3) is 5.57 Å². The lowest BCUT2D eigenvalue weighted by Crippen LogP contribution is -2.41. The summed E-state index contributed by atoms with van der Waals surface area (Å²) in [6.07, 6.45) is 0.870. The Bertz CT molecular complexity index is 790. The molecule has 2 aromatic rings. The van der Waals surface area contributed by atoms with Crippen LogP contribution in [-0.2, 0) is 9.31 Å². The van der Waals surface area contributed by atoms with Crippen LogP contribution in [0, 0.1) is 6.92 Å². The SMILES string of the molecule is CC/C(B1OC(C)(C)C(C)(C)O1)=C(\c1ccccc1)c1ccccc1C. The lowest BCUT2D eigenvalue weighted by atomic mass is 9.70. The second kappa shape index (κ2) is 7.05. The first-order chi connectivity index (χ1) is 12.3. The molecular formula is C23H29BO2. The molecule has 0 amide bonds. The van der Waals surface area contributed by atoms with Crippen molar-refractivity contribution in [3.8, 4) is 0 Å². The molecule has 1 aliphatic heterocycles. The zero-order valence-corrected chi connectivity index (χ0v) is 16.8. The highest BCUT2D eigenvalue weighted by Crippen LogP contribution is 2.42. The smallest absolute Gasteiger partial charge is 0.400 e. The van der Waals surface area contributed by atoms with Crippen LogP contribution >= 0.6 is 0 Å². The molecule has 1 saturated heterocycles. The van der Waals surface area contributed by atoms with E-state index in [9.17, 15) is 0 Å². The van der Waals surface area contributed by atoms with Crippen molar-refractivity contribution in [2.75, 3.05) is 0 Å². The van der Waals surface area contributed by atoms with Crippen molar-refractivity contribution < 1.29 is 9.31 Å². The number of rotatable bonds is 4. The molecular weight excluding hydrogens is 319 g/mol. The van der Waals surface area contributed by atoms with Crippen LogP contribution in [-0.4, -0.2) is 18.3 Å². The Morgan fingerprint density at radius 3 is 1.92 bits per heavy atom. The maximum atomic E-state index is 6.40. The molecule has 26 heavy (non-hydrogen) atoms. The highest BCUT2D eigenvalue weighted by atomic mass is 16.7. The molecule has 0 N–H and O–H groups in total. The Balaban J connectivity index is 2.20. The predicted molar refractivity (Wildman–Crippen MR) is 110 cm³/mol. The number of hydrogen-bond acceptors (Lipinski definition) is 2. The van der Waals surface area contributed by atoms with Crippen molar-refractivity contribution in [2.24, 2.45) is 0 Å². The molecule has 0 unspecified atom stereocenters. The number of aryl methyl sites for hydroxylation is 1. The first kappa shape index (κ1) is 18.9. The summed E-state index contributed by atoms with van der Waals surface area (Å²) >= 11 is 0. The van der Waals surface area contributed by atoms with Crippen molar-refractivity contribution in [1.82, 2.24) is 0 Å². The van der Waals surface area contributed by atoms with E-state index >= 15 is 0 Å². The second-order valence-electron chi connectivity index (χ2n) is 8.02. The van der Waals surface area contributed by atoms with Gasteiger partial charge in [0.2, 0.25) is 0 Å². The lowest BCUT2D eigenvalue weighted by molar-refractivity contribution is 0.00578. The third kappa shape index (κ3) is 3.38. The van der Waals surface area contributed by atoms with Crippen LogP contribution in [0.3, 0.4) is 0 Å². The molecule has 0 bridgehead atoms. The molecule has 0 radical (unpaired) electrons. The third-order valence-electron chi connectivity index (χ3n) is 5.72. The largest absolute Gasteiger partial charge is 0.491 e. The first-order valence-corrected chi connectivity index (χ1v) is 9.47. The average molecular weight is 348 g/mol. The molecule has 0 atom stereocenters. The number of allylic oxidation sites excluding steroid dienone is 1. The maximum absolute atomic E-state index is 6.40. The molecule has 1 fully saturated rings. The Morgan fingerprint density at radius 2 is 1.38 bits per heavy atom. The minimum Gasteiger partial charge on any atom is -0.400 e. The van der Waals surface area contributed by atoms with E-state index < -0.39 is 0 Å². The van der Waals surface area contributed by atoms with Gasteiger partial charge in [0.15, 0.2) is 0 Å². The molecule has 2 aromatic carbocycles. The van der Waals surface area contributed by atoms with Gasteiger partial charge in [-0.3, -0.25) is 0 Å². The highest BCUT2D eigenvalue weighted by molar-refractivity contribution is 6.56. The van der Waals surface area contributed by atoms with E-state index in [0.717, 1.165) is 6.42 Å². The van der Waals surface area contributed by atoms with Gasteiger partial charge in [-0.05, 0) is 68.8 Å². The van der Waals surface area contributed by atoms with Gasteiger partial charge >= 0.3 is 7.12 Å². The Morgan fingerprint density at radius 1 is 0.846 bits per heavy atom. The van der Waals surface area contributed by atoms with Crippen LogP contribution in [0.1, 0.15) is 57.7 Å². The summed E-state index contributed by atoms with van der Waals surface area (Å²) in [5, 5.41) is 0. The molecule has 3 rings (SSSR count). The van der Waals surface area contributed by atoms with E-state index in [0.29, 0.717) is 0 Å². The Labute approximate surface area is 158 Å². The van der Waals surface area contributed by atoms with Crippen molar-refractivity contribution >= 4 is 12.7 Å². The van der Waals surface area contributed by atoms with E-state index in [2.05, 4.69) is 96.1 Å². The normalized spacial score (nSPS) is 19.4. The lowest BCUT2D eigenvalue weighted by Gasteiger charge is -2.32. The monoisotopic (exact) mass is 348 g/mol. The fourth-order valence-electron chi connectivity index (χ4n) is 3.42. The van der Waals surface area contributed by atoms with Gasteiger partial charge in [0.25, 0.3) is 0 Å². The van der Waals surface area contributed by atoms with Crippen LogP contribution in [0.2, 0.25) is 0 Å². The van der Waals surface area contributed by atoms with Gasteiger partial charge in [-0.1, -0.05) is 61.5 Å². The first-order valence-electron chi connectivity index (χ1n) is 9.47. The van der Waals surface area contributed by atoms with Gasteiger partial charge in [0.1, 0.15) is 0 Å². The van der Waals surface area contributed by atoms with Gasteiger partial charge in [0, 0.05) is 0 Å². The van der Waals surface area contributed by atoms with Crippen molar-refractivity contribution in [2.45, 2.75) is 59.2 Å². The summed E-state index contributed by atoms with van der Waals surface area (Å²) in [6.45, 7) is 12.8. The third-order valence-corrected chi connectivity index (χ3v) is 5.72. The molecule has 136 valence electrons. The van der Waals surface area contributed by atoms with Crippen molar-refractivity contribution in [3.63, 3.8) is 0 Å². The van der Waals surface area contributed by atoms with Crippen LogP contribution < -0.4 is 0 Å². The van der Waals surface area contributed by atoms with Gasteiger partial charge in [-0.15, -0.1) is 0 Å². The molecule has 0 saturated carbocycles. The van der Waals surface area contributed by atoms with Crippen LogP contribution in [0.4, 0.5) is 0 Å². The summed E-state index contributed by atoms with van der Waals surface area (Å²) < 4.78 is 12.8. The Kier molecular flexibility index (Phi) is 5.14. The second-order valence-corrected chi connectivity index (χ2v) is 8.02. The molecule has 1 aliphatic rings. The van der Waals surface area contributed by atoms with Gasteiger partial charge in [-0.25, -0.2) is 0 Å². The summed E-state index contributed by atoms with van der Waals surface area (Å²) in [5.74, 6) is 0. The summed E-state index contributed by atoms with van der Waals surface area (Å²) in [5.41, 5.74) is 5.44. The topological polar surface area (TPSA) is 18.5 Å². The van der Waals surface area contributed by atoms with Crippen molar-refractivity contribution in [3.05, 3.63) is 76.8 Å². The number of hydrogen-bond donors (Lipinski definition) is 0. The fraction of sp³-hybridized carbons (Fsp3) is 0.391. The van der Waals surface area contributed by atoms with E-state index in [4.69, 9.17) is 9.31 Å².